The van der Waals surface area contributed by atoms with Crippen LogP contribution in [0.5, 0.6) is 0 Å². The fraction of sp³-hybridized carbons (Fsp3) is 0.0714. The SMILES string of the molecule is Cc1cc(Nc2ccc(F)cc2C(N)=S)ccc1Br. The van der Waals surface area contributed by atoms with Crippen LogP contribution in [-0.2, 0) is 0 Å². The number of nitrogens with two attached hydrogens (primary N) is 1. The predicted octanol–water partition coefficient (Wildman–Crippen LogP) is 4.27. The normalized spacial score (nSPS) is 10.3. The van der Waals surface area contributed by atoms with Crippen molar-refractivity contribution in [1.29, 1.82) is 0 Å². The van der Waals surface area contributed by atoms with Gasteiger partial charge in [-0.05, 0) is 48.9 Å². The first-order valence-corrected chi connectivity index (χ1v) is 6.80. The number of anilines is 2. The van der Waals surface area contributed by atoms with Crippen molar-refractivity contribution in [3.63, 3.8) is 0 Å². The maximum atomic E-state index is 13.2. The first-order valence-electron chi connectivity index (χ1n) is 5.60. The summed E-state index contributed by atoms with van der Waals surface area (Å²) in [6.45, 7) is 1.99. The second-order valence-corrected chi connectivity index (χ2v) is 5.44. The third kappa shape index (κ3) is 3.30. The van der Waals surface area contributed by atoms with Gasteiger partial charge in [0.25, 0.3) is 0 Å². The molecule has 19 heavy (non-hydrogen) atoms. The zero-order valence-corrected chi connectivity index (χ0v) is 12.6. The Morgan fingerprint density at radius 2 is 2.00 bits per heavy atom. The summed E-state index contributed by atoms with van der Waals surface area (Å²) >= 11 is 8.38. The molecule has 0 spiro atoms. The molecule has 0 bridgehead atoms. The molecule has 0 fully saturated rings. The summed E-state index contributed by atoms with van der Waals surface area (Å²) in [6, 6.07) is 10.2. The van der Waals surface area contributed by atoms with Gasteiger partial charge in [-0.3, -0.25) is 0 Å². The fourth-order valence-electron chi connectivity index (χ4n) is 1.71. The number of halogens is 2. The van der Waals surface area contributed by atoms with Gasteiger partial charge in [-0.1, -0.05) is 28.1 Å². The Morgan fingerprint density at radius 1 is 1.26 bits per heavy atom. The average molecular weight is 339 g/mol. The second-order valence-electron chi connectivity index (χ2n) is 4.14. The van der Waals surface area contributed by atoms with E-state index < -0.39 is 0 Å². The van der Waals surface area contributed by atoms with Gasteiger partial charge in [-0.25, -0.2) is 4.39 Å². The Balaban J connectivity index is 2.37. The van der Waals surface area contributed by atoms with E-state index in [-0.39, 0.29) is 10.8 Å². The summed E-state index contributed by atoms with van der Waals surface area (Å²) in [5.41, 5.74) is 8.79. The van der Waals surface area contributed by atoms with Gasteiger partial charge in [0.2, 0.25) is 0 Å². The van der Waals surface area contributed by atoms with E-state index in [1.54, 1.807) is 6.07 Å². The van der Waals surface area contributed by atoms with Crippen LogP contribution >= 0.6 is 28.1 Å². The number of thiocarbonyl (C=S) groups is 1. The lowest BCUT2D eigenvalue weighted by Crippen LogP contribution is -2.12. The summed E-state index contributed by atoms with van der Waals surface area (Å²) < 4.78 is 14.2. The number of hydrogen-bond donors (Lipinski definition) is 2. The lowest BCUT2D eigenvalue weighted by Gasteiger charge is -2.12. The van der Waals surface area contributed by atoms with Crippen LogP contribution in [0.2, 0.25) is 0 Å². The Morgan fingerprint density at radius 3 is 2.63 bits per heavy atom. The minimum absolute atomic E-state index is 0.163. The van der Waals surface area contributed by atoms with Gasteiger partial charge in [-0.15, -0.1) is 0 Å². The van der Waals surface area contributed by atoms with Crippen molar-refractivity contribution in [3.05, 3.63) is 57.8 Å². The average Bonchev–Trinajstić information content (AvgIpc) is 2.36. The van der Waals surface area contributed by atoms with Gasteiger partial charge < -0.3 is 11.1 Å². The Bertz CT molecular complexity index is 643. The largest absolute Gasteiger partial charge is 0.389 e. The van der Waals surface area contributed by atoms with Crippen molar-refractivity contribution in [3.8, 4) is 0 Å². The van der Waals surface area contributed by atoms with E-state index in [1.165, 1.54) is 12.1 Å². The minimum Gasteiger partial charge on any atom is -0.389 e. The van der Waals surface area contributed by atoms with E-state index in [4.69, 9.17) is 18.0 Å². The summed E-state index contributed by atoms with van der Waals surface area (Å²) in [5.74, 6) is -0.361. The quantitative estimate of drug-likeness (QED) is 0.820. The highest BCUT2D eigenvalue weighted by molar-refractivity contribution is 9.10. The molecule has 0 aromatic heterocycles. The first-order chi connectivity index (χ1) is 8.97. The summed E-state index contributed by atoms with van der Waals surface area (Å²) in [4.78, 5) is 0.163. The van der Waals surface area contributed by atoms with Crippen molar-refractivity contribution < 1.29 is 4.39 Å². The molecule has 2 nitrogen and oxygen atoms in total. The van der Waals surface area contributed by atoms with Crippen LogP contribution < -0.4 is 11.1 Å². The Labute approximate surface area is 124 Å². The Hall–Kier alpha value is -1.46. The predicted molar refractivity (Wildman–Crippen MR) is 84.4 cm³/mol. The molecular formula is C14H12BrFN2S. The Kier molecular flexibility index (Phi) is 4.17. The highest BCUT2D eigenvalue weighted by Gasteiger charge is 2.07. The number of aryl methyl sites for hydroxylation is 1. The van der Waals surface area contributed by atoms with Gasteiger partial charge in [0.1, 0.15) is 10.8 Å². The van der Waals surface area contributed by atoms with Crippen molar-refractivity contribution >= 4 is 44.5 Å². The van der Waals surface area contributed by atoms with E-state index in [0.29, 0.717) is 11.3 Å². The zero-order valence-electron chi connectivity index (χ0n) is 10.2. The van der Waals surface area contributed by atoms with E-state index in [1.807, 2.05) is 25.1 Å². The third-order valence-corrected chi connectivity index (χ3v) is 3.79. The molecule has 0 aliphatic carbocycles. The van der Waals surface area contributed by atoms with Crippen molar-refractivity contribution in [1.82, 2.24) is 0 Å². The highest BCUT2D eigenvalue weighted by Crippen LogP contribution is 2.25. The third-order valence-electron chi connectivity index (χ3n) is 2.68. The molecule has 0 heterocycles. The number of hydrogen-bond acceptors (Lipinski definition) is 2. The molecular weight excluding hydrogens is 327 g/mol. The molecule has 0 radical (unpaired) electrons. The monoisotopic (exact) mass is 338 g/mol. The standard InChI is InChI=1S/C14H12BrFN2S/c1-8-6-10(3-4-12(8)15)18-13-5-2-9(16)7-11(13)14(17)19/h2-7,18H,1H3,(H2,17,19). The van der Waals surface area contributed by atoms with Crippen LogP contribution in [0.4, 0.5) is 15.8 Å². The molecule has 0 saturated carbocycles. The molecule has 2 aromatic carbocycles. The van der Waals surface area contributed by atoms with Crippen molar-refractivity contribution in [2.24, 2.45) is 5.73 Å². The van der Waals surface area contributed by atoms with Crippen LogP contribution in [0, 0.1) is 12.7 Å². The molecule has 2 aromatic rings. The lowest BCUT2D eigenvalue weighted by atomic mass is 10.1. The number of benzene rings is 2. The zero-order chi connectivity index (χ0) is 14.0. The highest BCUT2D eigenvalue weighted by atomic mass is 79.9. The summed E-state index contributed by atoms with van der Waals surface area (Å²) in [6.07, 6.45) is 0. The van der Waals surface area contributed by atoms with Gasteiger partial charge in [0, 0.05) is 21.4 Å². The molecule has 0 aliphatic rings. The summed E-state index contributed by atoms with van der Waals surface area (Å²) in [5, 5.41) is 3.19. The first kappa shape index (κ1) is 14.0. The van der Waals surface area contributed by atoms with Crippen LogP contribution in [0.25, 0.3) is 0 Å². The van der Waals surface area contributed by atoms with E-state index in [0.717, 1.165) is 15.7 Å². The topological polar surface area (TPSA) is 38.0 Å². The number of rotatable bonds is 3. The van der Waals surface area contributed by atoms with Crippen LogP contribution in [0.15, 0.2) is 40.9 Å². The van der Waals surface area contributed by atoms with E-state index in [9.17, 15) is 4.39 Å². The van der Waals surface area contributed by atoms with Crippen molar-refractivity contribution in [2.45, 2.75) is 6.92 Å². The molecule has 0 atom stereocenters. The van der Waals surface area contributed by atoms with Gasteiger partial charge in [-0.2, -0.15) is 0 Å². The smallest absolute Gasteiger partial charge is 0.124 e. The second kappa shape index (κ2) is 5.67. The summed E-state index contributed by atoms with van der Waals surface area (Å²) in [7, 11) is 0. The molecule has 0 unspecified atom stereocenters. The molecule has 0 saturated heterocycles. The van der Waals surface area contributed by atoms with Crippen LogP contribution in [-0.4, -0.2) is 4.99 Å². The molecule has 3 N–H and O–H groups in total. The minimum atomic E-state index is -0.361. The molecule has 98 valence electrons. The number of nitrogens with one attached hydrogen (secondary N) is 1. The molecule has 0 aliphatic heterocycles. The molecule has 0 amide bonds. The molecule has 2 rings (SSSR count). The fourth-order valence-corrected chi connectivity index (χ4v) is 2.12. The van der Waals surface area contributed by atoms with Crippen LogP contribution in [0.3, 0.4) is 0 Å². The van der Waals surface area contributed by atoms with E-state index >= 15 is 0 Å². The van der Waals surface area contributed by atoms with Crippen molar-refractivity contribution in [2.75, 3.05) is 5.32 Å². The van der Waals surface area contributed by atoms with Gasteiger partial charge in [0.15, 0.2) is 0 Å². The maximum absolute atomic E-state index is 13.2. The maximum Gasteiger partial charge on any atom is 0.124 e. The van der Waals surface area contributed by atoms with Gasteiger partial charge >= 0.3 is 0 Å². The lowest BCUT2D eigenvalue weighted by molar-refractivity contribution is 0.628. The van der Waals surface area contributed by atoms with Crippen LogP contribution in [0.1, 0.15) is 11.1 Å². The van der Waals surface area contributed by atoms with E-state index in [2.05, 4.69) is 21.2 Å². The molecule has 5 heteroatoms. The van der Waals surface area contributed by atoms with Gasteiger partial charge in [0.05, 0.1) is 0 Å².